The number of aromatic carboxylic acids is 1. The molecule has 1 atom stereocenters. The molecule has 0 fully saturated rings. The highest BCUT2D eigenvalue weighted by atomic mass is 79.9. The number of rotatable bonds is 3. The smallest absolute Gasteiger partial charge is 0.335 e. The number of alkyl halides is 1. The van der Waals surface area contributed by atoms with Gasteiger partial charge in [-0.2, -0.15) is 0 Å². The van der Waals surface area contributed by atoms with Gasteiger partial charge in [0.2, 0.25) is 0 Å². The van der Waals surface area contributed by atoms with Gasteiger partial charge in [0.25, 0.3) is 0 Å². The SMILES string of the molecule is CC(Br)(c1ccc(C(=O)O)cc1)c1cccc(Br)c1. The van der Waals surface area contributed by atoms with E-state index in [9.17, 15) is 4.79 Å². The van der Waals surface area contributed by atoms with Crippen LogP contribution in [0.25, 0.3) is 0 Å². The maximum absolute atomic E-state index is 10.9. The van der Waals surface area contributed by atoms with Gasteiger partial charge in [-0.1, -0.05) is 56.1 Å². The van der Waals surface area contributed by atoms with Crippen LogP contribution < -0.4 is 0 Å². The fourth-order valence-corrected chi connectivity index (χ4v) is 2.78. The molecule has 4 heteroatoms. The van der Waals surface area contributed by atoms with Gasteiger partial charge in [0.1, 0.15) is 0 Å². The minimum Gasteiger partial charge on any atom is -0.478 e. The van der Waals surface area contributed by atoms with E-state index in [2.05, 4.69) is 31.9 Å². The first kappa shape index (κ1) is 14.3. The topological polar surface area (TPSA) is 37.3 Å². The number of benzene rings is 2. The zero-order valence-corrected chi connectivity index (χ0v) is 13.4. The van der Waals surface area contributed by atoms with E-state index in [1.807, 2.05) is 43.3 Å². The van der Waals surface area contributed by atoms with Crippen LogP contribution >= 0.6 is 31.9 Å². The fraction of sp³-hybridized carbons (Fsp3) is 0.133. The van der Waals surface area contributed by atoms with E-state index < -0.39 is 5.97 Å². The predicted octanol–water partition coefficient (Wildman–Crippen LogP) is 4.81. The van der Waals surface area contributed by atoms with Crippen LogP contribution in [0.1, 0.15) is 28.4 Å². The van der Waals surface area contributed by atoms with Crippen molar-refractivity contribution in [1.82, 2.24) is 0 Å². The molecule has 0 amide bonds. The molecule has 1 unspecified atom stereocenters. The molecule has 0 saturated heterocycles. The van der Waals surface area contributed by atoms with Gasteiger partial charge in [-0.25, -0.2) is 4.79 Å². The molecule has 98 valence electrons. The third kappa shape index (κ3) is 3.07. The van der Waals surface area contributed by atoms with Crippen molar-refractivity contribution in [2.45, 2.75) is 11.2 Å². The first-order valence-electron chi connectivity index (χ1n) is 5.70. The van der Waals surface area contributed by atoms with Gasteiger partial charge in [0, 0.05) is 4.47 Å². The van der Waals surface area contributed by atoms with Crippen molar-refractivity contribution in [1.29, 1.82) is 0 Å². The number of carboxylic acids is 1. The Bertz CT molecular complexity index is 604. The number of carboxylic acid groups (broad SMARTS) is 1. The summed E-state index contributed by atoms with van der Waals surface area (Å²) in [6.45, 7) is 2.05. The molecular weight excluding hydrogens is 372 g/mol. The zero-order chi connectivity index (χ0) is 14.0. The van der Waals surface area contributed by atoms with Crippen LogP contribution in [0.15, 0.2) is 53.0 Å². The summed E-state index contributed by atoms with van der Waals surface area (Å²) in [5.74, 6) is -0.912. The van der Waals surface area contributed by atoms with Crippen LogP contribution in [0, 0.1) is 0 Å². The highest BCUT2D eigenvalue weighted by Crippen LogP contribution is 2.38. The Balaban J connectivity index is 2.41. The van der Waals surface area contributed by atoms with Gasteiger partial charge in [-0.3, -0.25) is 0 Å². The Labute approximate surface area is 128 Å². The quantitative estimate of drug-likeness (QED) is 0.772. The fourth-order valence-electron chi connectivity index (χ4n) is 1.87. The monoisotopic (exact) mass is 382 g/mol. The first-order chi connectivity index (χ1) is 8.91. The molecule has 0 saturated carbocycles. The largest absolute Gasteiger partial charge is 0.478 e. The van der Waals surface area contributed by atoms with Crippen molar-refractivity contribution in [3.8, 4) is 0 Å². The lowest BCUT2D eigenvalue weighted by atomic mass is 9.92. The lowest BCUT2D eigenvalue weighted by Crippen LogP contribution is -2.15. The van der Waals surface area contributed by atoms with E-state index in [4.69, 9.17) is 5.11 Å². The van der Waals surface area contributed by atoms with Gasteiger partial charge < -0.3 is 5.11 Å². The van der Waals surface area contributed by atoms with Crippen LogP contribution in [0.4, 0.5) is 0 Å². The molecule has 0 bridgehead atoms. The van der Waals surface area contributed by atoms with Crippen LogP contribution in [-0.4, -0.2) is 11.1 Å². The number of hydrogen-bond acceptors (Lipinski definition) is 1. The van der Waals surface area contributed by atoms with Crippen molar-refractivity contribution in [2.75, 3.05) is 0 Å². The third-order valence-corrected chi connectivity index (χ3v) is 4.45. The Kier molecular flexibility index (Phi) is 4.11. The summed E-state index contributed by atoms with van der Waals surface area (Å²) in [4.78, 5) is 10.9. The molecule has 0 spiro atoms. The summed E-state index contributed by atoms with van der Waals surface area (Å²) in [5.41, 5.74) is 2.40. The summed E-state index contributed by atoms with van der Waals surface area (Å²) in [7, 11) is 0. The molecule has 0 aliphatic carbocycles. The van der Waals surface area contributed by atoms with Crippen molar-refractivity contribution in [3.05, 3.63) is 69.7 Å². The number of hydrogen-bond donors (Lipinski definition) is 1. The average molecular weight is 384 g/mol. The van der Waals surface area contributed by atoms with Crippen LogP contribution in [0.5, 0.6) is 0 Å². The molecule has 1 N–H and O–H groups in total. The van der Waals surface area contributed by atoms with Crippen molar-refractivity contribution in [2.24, 2.45) is 0 Å². The van der Waals surface area contributed by atoms with Crippen molar-refractivity contribution in [3.63, 3.8) is 0 Å². The normalized spacial score (nSPS) is 13.8. The molecular formula is C15H12Br2O2. The standard InChI is InChI=1S/C15H12Br2O2/c1-15(17,12-3-2-4-13(16)9-12)11-7-5-10(6-8-11)14(18)19/h2-9H,1H3,(H,18,19). The van der Waals surface area contributed by atoms with E-state index in [-0.39, 0.29) is 4.32 Å². The maximum Gasteiger partial charge on any atom is 0.335 e. The van der Waals surface area contributed by atoms with Crippen LogP contribution in [0.2, 0.25) is 0 Å². The summed E-state index contributed by atoms with van der Waals surface area (Å²) in [5, 5.41) is 8.91. The molecule has 0 radical (unpaired) electrons. The van der Waals surface area contributed by atoms with Gasteiger partial charge in [-0.15, -0.1) is 0 Å². The molecule has 19 heavy (non-hydrogen) atoms. The van der Waals surface area contributed by atoms with Crippen molar-refractivity contribution >= 4 is 37.8 Å². The molecule has 0 aliphatic rings. The second-order valence-electron chi connectivity index (χ2n) is 4.40. The minimum atomic E-state index is -0.912. The van der Waals surface area contributed by atoms with E-state index in [0.717, 1.165) is 15.6 Å². The van der Waals surface area contributed by atoms with Gasteiger partial charge in [0.15, 0.2) is 0 Å². The molecule has 2 aromatic rings. The Morgan fingerprint density at radius 1 is 1.11 bits per heavy atom. The second-order valence-corrected chi connectivity index (χ2v) is 6.90. The average Bonchev–Trinajstić information content (AvgIpc) is 2.39. The molecule has 2 nitrogen and oxygen atoms in total. The van der Waals surface area contributed by atoms with Crippen molar-refractivity contribution < 1.29 is 9.90 Å². The predicted molar refractivity (Wildman–Crippen MR) is 82.9 cm³/mol. The molecule has 0 heterocycles. The summed E-state index contributed by atoms with van der Waals surface area (Å²) >= 11 is 7.19. The van der Waals surface area contributed by atoms with E-state index in [1.54, 1.807) is 12.1 Å². The van der Waals surface area contributed by atoms with E-state index in [0.29, 0.717) is 5.56 Å². The Morgan fingerprint density at radius 2 is 1.74 bits per heavy atom. The highest BCUT2D eigenvalue weighted by Gasteiger charge is 2.25. The molecule has 0 aromatic heterocycles. The zero-order valence-electron chi connectivity index (χ0n) is 10.2. The summed E-state index contributed by atoms with van der Waals surface area (Å²) in [6.07, 6.45) is 0. The Morgan fingerprint density at radius 3 is 2.26 bits per heavy atom. The lowest BCUT2D eigenvalue weighted by molar-refractivity contribution is 0.0697. The summed E-state index contributed by atoms with van der Waals surface area (Å²) in [6, 6.07) is 14.9. The maximum atomic E-state index is 10.9. The highest BCUT2D eigenvalue weighted by molar-refractivity contribution is 9.10. The number of carbonyl (C=O) groups is 1. The van der Waals surface area contributed by atoms with Gasteiger partial charge >= 0.3 is 5.97 Å². The Hall–Kier alpha value is -1.13. The van der Waals surface area contributed by atoms with Crippen LogP contribution in [0.3, 0.4) is 0 Å². The van der Waals surface area contributed by atoms with Gasteiger partial charge in [0.05, 0.1) is 9.89 Å². The minimum absolute atomic E-state index is 0.293. The molecule has 2 aromatic carbocycles. The molecule has 2 rings (SSSR count). The third-order valence-electron chi connectivity index (χ3n) is 3.04. The lowest BCUT2D eigenvalue weighted by Gasteiger charge is -2.24. The van der Waals surface area contributed by atoms with Crippen LogP contribution in [-0.2, 0) is 4.32 Å². The second kappa shape index (κ2) is 5.47. The van der Waals surface area contributed by atoms with E-state index in [1.165, 1.54) is 0 Å². The number of halogens is 2. The van der Waals surface area contributed by atoms with Gasteiger partial charge in [-0.05, 0) is 42.3 Å². The summed E-state index contributed by atoms with van der Waals surface area (Å²) < 4.78 is 0.659. The van der Waals surface area contributed by atoms with E-state index >= 15 is 0 Å². The molecule has 0 aliphatic heterocycles. The first-order valence-corrected chi connectivity index (χ1v) is 7.28.